The zero-order valence-corrected chi connectivity index (χ0v) is 13.5. The van der Waals surface area contributed by atoms with Crippen molar-refractivity contribution in [2.45, 2.75) is 6.92 Å². The first kappa shape index (κ1) is 17.1. The maximum atomic E-state index is 12.3. The molecule has 0 saturated carbocycles. The zero-order chi connectivity index (χ0) is 17.5. The van der Waals surface area contributed by atoms with Crippen molar-refractivity contribution in [2.75, 3.05) is 17.7 Å². The number of rotatable bonds is 4. The number of nitrogens with zero attached hydrogens (tertiary/aromatic N) is 1. The predicted molar refractivity (Wildman–Crippen MR) is 94.6 cm³/mol. The summed E-state index contributed by atoms with van der Waals surface area (Å²) in [4.78, 5) is 25.1. The van der Waals surface area contributed by atoms with Gasteiger partial charge >= 0.3 is 6.03 Å². The van der Waals surface area contributed by atoms with Crippen molar-refractivity contribution in [1.82, 2.24) is 5.32 Å². The van der Waals surface area contributed by atoms with E-state index >= 15 is 0 Å². The minimum Gasteiger partial charge on any atom is -0.497 e. The molecule has 0 fully saturated rings. The van der Waals surface area contributed by atoms with Crippen LogP contribution < -0.4 is 20.7 Å². The zero-order valence-electron chi connectivity index (χ0n) is 13.5. The number of imide groups is 1. The first-order chi connectivity index (χ1) is 11.5. The molecule has 0 saturated heterocycles. The number of carbonyl (C=O) groups excluding carboxylic acids is 2. The molecule has 2 rings (SSSR count). The quantitative estimate of drug-likeness (QED) is 0.846. The van der Waals surface area contributed by atoms with E-state index in [0.29, 0.717) is 11.4 Å². The van der Waals surface area contributed by atoms with Gasteiger partial charge in [-0.25, -0.2) is 9.69 Å². The highest BCUT2D eigenvalue weighted by Crippen LogP contribution is 2.17. The van der Waals surface area contributed by atoms with Crippen LogP contribution in [0.1, 0.15) is 12.5 Å². The molecule has 0 aliphatic carbocycles. The molecular formula is C18H19N3O3. The van der Waals surface area contributed by atoms with Gasteiger partial charge in [0, 0.05) is 18.8 Å². The predicted octanol–water partition coefficient (Wildman–Crippen LogP) is 3.01. The first-order valence-electron chi connectivity index (χ1n) is 7.28. The average molecular weight is 325 g/mol. The standard InChI is InChI=1S/C18H19N3O3/c1-13(22)21(16-8-6-15(19)7-9-16)18(23)20-11-10-14-4-3-5-17(12-14)24-2/h3-12H,19H2,1-2H3,(H,20,23)/b11-10+. The van der Waals surface area contributed by atoms with E-state index in [1.54, 1.807) is 37.5 Å². The van der Waals surface area contributed by atoms with Gasteiger partial charge in [0.05, 0.1) is 12.8 Å². The molecule has 3 N–H and O–H groups in total. The van der Waals surface area contributed by atoms with Crippen LogP contribution in [0, 0.1) is 0 Å². The Balaban J connectivity index is 2.09. The molecule has 2 aromatic rings. The highest BCUT2D eigenvalue weighted by atomic mass is 16.5. The van der Waals surface area contributed by atoms with E-state index < -0.39 is 11.9 Å². The van der Waals surface area contributed by atoms with Crippen LogP contribution in [0.3, 0.4) is 0 Å². The van der Waals surface area contributed by atoms with E-state index in [9.17, 15) is 9.59 Å². The molecule has 0 aliphatic rings. The lowest BCUT2D eigenvalue weighted by Crippen LogP contribution is -2.40. The summed E-state index contributed by atoms with van der Waals surface area (Å²) in [5.41, 5.74) is 7.48. The van der Waals surface area contributed by atoms with Gasteiger partial charge in [-0.05, 0) is 48.0 Å². The van der Waals surface area contributed by atoms with Crippen LogP contribution in [-0.4, -0.2) is 19.0 Å². The summed E-state index contributed by atoms with van der Waals surface area (Å²) in [5, 5.41) is 2.58. The van der Waals surface area contributed by atoms with Gasteiger partial charge in [0.2, 0.25) is 5.91 Å². The Morgan fingerprint density at radius 3 is 2.50 bits per heavy atom. The number of benzene rings is 2. The minimum absolute atomic E-state index is 0.396. The van der Waals surface area contributed by atoms with Crippen molar-refractivity contribution in [3.05, 3.63) is 60.3 Å². The van der Waals surface area contributed by atoms with Crippen LogP contribution in [-0.2, 0) is 4.79 Å². The van der Waals surface area contributed by atoms with E-state index in [2.05, 4.69) is 5.32 Å². The lowest BCUT2D eigenvalue weighted by Gasteiger charge is -2.18. The maximum absolute atomic E-state index is 12.3. The van der Waals surface area contributed by atoms with Crippen LogP contribution in [0.15, 0.2) is 54.7 Å². The fraction of sp³-hybridized carbons (Fsp3) is 0.111. The molecule has 0 heterocycles. The largest absolute Gasteiger partial charge is 0.497 e. The number of hydrogen-bond acceptors (Lipinski definition) is 4. The number of carbonyl (C=O) groups is 2. The molecule has 24 heavy (non-hydrogen) atoms. The summed E-state index contributed by atoms with van der Waals surface area (Å²) in [7, 11) is 1.59. The fourth-order valence-corrected chi connectivity index (χ4v) is 2.08. The van der Waals surface area contributed by atoms with Gasteiger partial charge in [0.1, 0.15) is 5.75 Å². The summed E-state index contributed by atoms with van der Waals surface area (Å²) in [6.45, 7) is 1.32. The third-order valence-corrected chi connectivity index (χ3v) is 3.25. The van der Waals surface area contributed by atoms with E-state index in [4.69, 9.17) is 10.5 Å². The number of anilines is 2. The summed E-state index contributed by atoms with van der Waals surface area (Å²) in [6.07, 6.45) is 3.19. The number of hydrogen-bond donors (Lipinski definition) is 2. The average Bonchev–Trinajstić information content (AvgIpc) is 2.57. The van der Waals surface area contributed by atoms with E-state index in [1.165, 1.54) is 13.1 Å². The highest BCUT2D eigenvalue weighted by molar-refractivity contribution is 6.13. The van der Waals surface area contributed by atoms with Crippen LogP contribution in [0.4, 0.5) is 16.2 Å². The molecule has 0 bridgehead atoms. The Bertz CT molecular complexity index is 754. The number of methoxy groups -OCH3 is 1. The molecule has 0 aliphatic heterocycles. The van der Waals surface area contributed by atoms with Crippen LogP contribution in [0.5, 0.6) is 5.75 Å². The van der Waals surface area contributed by atoms with Crippen molar-refractivity contribution in [2.24, 2.45) is 0 Å². The molecule has 6 nitrogen and oxygen atoms in total. The lowest BCUT2D eigenvalue weighted by atomic mass is 10.2. The normalized spacial score (nSPS) is 10.4. The highest BCUT2D eigenvalue weighted by Gasteiger charge is 2.18. The van der Waals surface area contributed by atoms with Gasteiger partial charge in [-0.3, -0.25) is 4.79 Å². The molecule has 0 atom stereocenters. The topological polar surface area (TPSA) is 84.7 Å². The van der Waals surface area contributed by atoms with Crippen molar-refractivity contribution in [3.63, 3.8) is 0 Å². The molecule has 0 aromatic heterocycles. The van der Waals surface area contributed by atoms with Crippen molar-refractivity contribution >= 4 is 29.4 Å². The number of nitrogens with two attached hydrogens (primary N) is 1. The van der Waals surface area contributed by atoms with Crippen molar-refractivity contribution in [1.29, 1.82) is 0 Å². The van der Waals surface area contributed by atoms with Crippen molar-refractivity contribution < 1.29 is 14.3 Å². The number of nitrogen functional groups attached to an aromatic ring is 1. The Labute approximate surface area is 140 Å². The maximum Gasteiger partial charge on any atom is 0.332 e. The lowest BCUT2D eigenvalue weighted by molar-refractivity contribution is -0.115. The molecule has 124 valence electrons. The van der Waals surface area contributed by atoms with E-state index in [0.717, 1.165) is 16.2 Å². The molecule has 0 spiro atoms. The second-order valence-corrected chi connectivity index (χ2v) is 5.01. The first-order valence-corrected chi connectivity index (χ1v) is 7.28. The fourth-order valence-electron chi connectivity index (χ4n) is 2.08. The smallest absolute Gasteiger partial charge is 0.332 e. The molecular weight excluding hydrogens is 306 g/mol. The van der Waals surface area contributed by atoms with Gasteiger partial charge in [0.15, 0.2) is 0 Å². The number of nitrogens with one attached hydrogen (secondary N) is 1. The Hall–Kier alpha value is -3.28. The Kier molecular flexibility index (Phi) is 5.57. The van der Waals surface area contributed by atoms with Gasteiger partial charge < -0.3 is 15.8 Å². The van der Waals surface area contributed by atoms with Crippen molar-refractivity contribution in [3.8, 4) is 5.75 Å². The molecule has 2 aromatic carbocycles. The Morgan fingerprint density at radius 2 is 1.88 bits per heavy atom. The second-order valence-electron chi connectivity index (χ2n) is 5.01. The van der Waals surface area contributed by atoms with Crippen LogP contribution in [0.2, 0.25) is 0 Å². The van der Waals surface area contributed by atoms with Gasteiger partial charge in [-0.15, -0.1) is 0 Å². The van der Waals surface area contributed by atoms with E-state index in [-0.39, 0.29) is 0 Å². The molecule has 6 heteroatoms. The number of urea groups is 1. The van der Waals surface area contributed by atoms with E-state index in [1.807, 2.05) is 24.3 Å². The third kappa shape index (κ3) is 4.36. The molecule has 3 amide bonds. The summed E-state index contributed by atoms with van der Waals surface area (Å²) in [6, 6.07) is 13.3. The number of amides is 3. The summed E-state index contributed by atoms with van der Waals surface area (Å²) < 4.78 is 5.14. The summed E-state index contributed by atoms with van der Waals surface area (Å²) in [5.74, 6) is 0.322. The minimum atomic E-state index is -0.550. The van der Waals surface area contributed by atoms with Crippen LogP contribution in [0.25, 0.3) is 6.08 Å². The van der Waals surface area contributed by atoms with Gasteiger partial charge in [-0.2, -0.15) is 0 Å². The molecule has 0 unspecified atom stereocenters. The number of ether oxygens (including phenoxy) is 1. The SMILES string of the molecule is COc1cccc(/C=C/NC(=O)N(C(C)=O)c2ccc(N)cc2)c1. The molecule has 0 radical (unpaired) electrons. The van der Waals surface area contributed by atoms with Crippen LogP contribution >= 0.6 is 0 Å². The van der Waals surface area contributed by atoms with Gasteiger partial charge in [0.25, 0.3) is 0 Å². The third-order valence-electron chi connectivity index (χ3n) is 3.25. The summed E-state index contributed by atoms with van der Waals surface area (Å²) >= 11 is 0. The monoisotopic (exact) mass is 325 g/mol. The van der Waals surface area contributed by atoms with Gasteiger partial charge in [-0.1, -0.05) is 12.1 Å². The Morgan fingerprint density at radius 1 is 1.17 bits per heavy atom. The second kappa shape index (κ2) is 7.82.